The molecule has 1 aromatic heterocycles. The monoisotopic (exact) mass is 384 g/mol. The van der Waals surface area contributed by atoms with Crippen molar-refractivity contribution in [2.45, 2.75) is 32.0 Å². The minimum Gasteiger partial charge on any atom is -0.354 e. The van der Waals surface area contributed by atoms with Crippen LogP contribution in [0, 0.1) is 11.7 Å². The highest BCUT2D eigenvalue weighted by Gasteiger charge is 2.29. The third kappa shape index (κ3) is 4.09. The summed E-state index contributed by atoms with van der Waals surface area (Å²) in [7, 11) is 0. The molecule has 1 atom stereocenters. The van der Waals surface area contributed by atoms with E-state index in [9.17, 15) is 14.0 Å². The smallest absolute Gasteiger partial charge is 0.268 e. The highest BCUT2D eigenvalue weighted by atomic mass is 19.1. The number of likely N-dealkylation sites (tertiary alicyclic amines) is 1. The first-order chi connectivity index (χ1) is 13.6. The van der Waals surface area contributed by atoms with Crippen LogP contribution in [0.4, 0.5) is 4.39 Å². The lowest BCUT2D eigenvalue weighted by Crippen LogP contribution is -2.53. The fourth-order valence-corrected chi connectivity index (χ4v) is 3.99. The molecule has 0 bridgehead atoms. The third-order valence-electron chi connectivity index (χ3n) is 5.69. The molecule has 4 rings (SSSR count). The van der Waals surface area contributed by atoms with Gasteiger partial charge >= 0.3 is 0 Å². The number of piperidine rings is 1. The molecule has 1 aromatic carbocycles. The molecular weight excluding hydrogens is 359 g/mol. The van der Waals surface area contributed by atoms with Gasteiger partial charge in [-0.3, -0.25) is 14.5 Å². The molecule has 1 saturated heterocycles. The van der Waals surface area contributed by atoms with Crippen LogP contribution < -0.4 is 10.6 Å². The number of aromatic nitrogens is 1. The normalized spacial score (nSPS) is 20.5. The summed E-state index contributed by atoms with van der Waals surface area (Å²) in [6.45, 7) is 3.47. The number of fused-ring (bicyclic) bond motifs is 1. The van der Waals surface area contributed by atoms with Gasteiger partial charge in [0.05, 0.1) is 6.54 Å². The summed E-state index contributed by atoms with van der Waals surface area (Å²) in [6.07, 6.45) is 3.75. The van der Waals surface area contributed by atoms with E-state index in [1.54, 1.807) is 12.1 Å². The van der Waals surface area contributed by atoms with E-state index in [0.717, 1.165) is 31.5 Å². The molecule has 1 fully saturated rings. The molecule has 3 heterocycles. The molecule has 2 aliphatic heterocycles. The van der Waals surface area contributed by atoms with Gasteiger partial charge in [-0.15, -0.1) is 0 Å². The number of rotatable bonds is 5. The first kappa shape index (κ1) is 18.7. The van der Waals surface area contributed by atoms with E-state index >= 15 is 0 Å². The minimum absolute atomic E-state index is 0.138. The lowest BCUT2D eigenvalue weighted by Gasteiger charge is -2.32. The second kappa shape index (κ2) is 8.14. The molecule has 7 heteroatoms. The van der Waals surface area contributed by atoms with Crippen molar-refractivity contribution in [2.24, 2.45) is 5.92 Å². The molecule has 2 N–H and O–H groups in total. The van der Waals surface area contributed by atoms with Gasteiger partial charge in [-0.05, 0) is 50.0 Å². The van der Waals surface area contributed by atoms with Crippen LogP contribution in [0.25, 0.3) is 0 Å². The van der Waals surface area contributed by atoms with Gasteiger partial charge in [-0.1, -0.05) is 18.2 Å². The number of halogens is 1. The van der Waals surface area contributed by atoms with E-state index in [4.69, 9.17) is 0 Å². The summed E-state index contributed by atoms with van der Waals surface area (Å²) in [5, 5.41) is 5.76. The minimum atomic E-state index is -0.534. The molecule has 6 nitrogen and oxygen atoms in total. The van der Waals surface area contributed by atoms with Crippen molar-refractivity contribution in [3.8, 4) is 0 Å². The average molecular weight is 384 g/mol. The number of hydrogen-bond donors (Lipinski definition) is 2. The summed E-state index contributed by atoms with van der Waals surface area (Å²) >= 11 is 0. The van der Waals surface area contributed by atoms with E-state index in [2.05, 4.69) is 15.5 Å². The van der Waals surface area contributed by atoms with Gasteiger partial charge in [0, 0.05) is 24.8 Å². The van der Waals surface area contributed by atoms with Crippen molar-refractivity contribution in [3.05, 3.63) is 59.7 Å². The van der Waals surface area contributed by atoms with Gasteiger partial charge < -0.3 is 15.2 Å². The molecular formula is C21H25FN4O2. The summed E-state index contributed by atoms with van der Waals surface area (Å²) in [6, 6.07) is 9.92. The number of carbonyl (C=O) groups excluding carboxylic acids is 2. The lowest BCUT2D eigenvalue weighted by molar-refractivity contribution is -0.123. The Morgan fingerprint density at radius 1 is 1.18 bits per heavy atom. The van der Waals surface area contributed by atoms with Crippen LogP contribution >= 0.6 is 0 Å². The molecule has 0 spiro atoms. The van der Waals surface area contributed by atoms with Crippen LogP contribution in [-0.2, 0) is 17.9 Å². The predicted octanol–water partition coefficient (Wildman–Crippen LogP) is 1.77. The first-order valence-corrected chi connectivity index (χ1v) is 9.79. The van der Waals surface area contributed by atoms with E-state index < -0.39 is 6.04 Å². The quantitative estimate of drug-likeness (QED) is 0.826. The van der Waals surface area contributed by atoms with Crippen LogP contribution in [0.5, 0.6) is 0 Å². The van der Waals surface area contributed by atoms with Crippen LogP contribution in [0.3, 0.4) is 0 Å². The maximum atomic E-state index is 13.8. The lowest BCUT2D eigenvalue weighted by atomic mass is 9.96. The van der Waals surface area contributed by atoms with Gasteiger partial charge in [-0.2, -0.15) is 0 Å². The second-order valence-electron chi connectivity index (χ2n) is 7.63. The highest BCUT2D eigenvalue weighted by molar-refractivity contribution is 5.97. The van der Waals surface area contributed by atoms with Gasteiger partial charge in [0.25, 0.3) is 5.91 Å². The number of benzene rings is 1. The number of nitrogens with zero attached hydrogens (tertiary/aromatic N) is 2. The van der Waals surface area contributed by atoms with E-state index in [-0.39, 0.29) is 17.6 Å². The number of hydrogen-bond acceptors (Lipinski definition) is 3. The number of amides is 2. The Kier molecular flexibility index (Phi) is 5.43. The van der Waals surface area contributed by atoms with E-state index in [1.807, 2.05) is 29.0 Å². The van der Waals surface area contributed by atoms with Crippen LogP contribution in [0.1, 0.15) is 28.9 Å². The fraction of sp³-hybridized carbons (Fsp3) is 0.429. The van der Waals surface area contributed by atoms with Crippen LogP contribution in [-0.4, -0.2) is 47.0 Å². The third-order valence-corrected chi connectivity index (χ3v) is 5.69. The number of nitrogens with one attached hydrogen (secondary N) is 2. The molecule has 1 unspecified atom stereocenters. The summed E-state index contributed by atoms with van der Waals surface area (Å²) in [5.74, 6) is -0.0983. The van der Waals surface area contributed by atoms with Crippen molar-refractivity contribution < 1.29 is 14.0 Å². The fourth-order valence-electron chi connectivity index (χ4n) is 3.99. The van der Waals surface area contributed by atoms with Gasteiger partial charge in [0.1, 0.15) is 17.6 Å². The Hall–Kier alpha value is -2.67. The van der Waals surface area contributed by atoms with Gasteiger partial charge in [0.15, 0.2) is 0 Å². The first-order valence-electron chi connectivity index (χ1n) is 9.79. The highest BCUT2D eigenvalue weighted by Crippen LogP contribution is 2.19. The summed E-state index contributed by atoms with van der Waals surface area (Å²) < 4.78 is 15.6. The molecule has 148 valence electrons. The van der Waals surface area contributed by atoms with Crippen molar-refractivity contribution in [1.29, 1.82) is 0 Å². The molecule has 0 saturated carbocycles. The summed E-state index contributed by atoms with van der Waals surface area (Å²) in [5.41, 5.74) is 1.32. The van der Waals surface area contributed by atoms with Crippen molar-refractivity contribution >= 4 is 11.8 Å². The Morgan fingerprint density at radius 2 is 1.96 bits per heavy atom. The Balaban J connectivity index is 1.22. The number of carbonyl (C=O) groups is 2. The van der Waals surface area contributed by atoms with Crippen molar-refractivity contribution in [1.82, 2.24) is 20.1 Å². The maximum Gasteiger partial charge on any atom is 0.268 e. The van der Waals surface area contributed by atoms with E-state index in [0.29, 0.717) is 31.2 Å². The standard InChI is InChI=1S/C21H25FN4O2/c22-17-5-2-1-4-16(17)13-25-10-7-15(8-11-25)12-23-20(27)18-14-26-9-3-6-19(26)21(28)24-18/h1-6,9,15,18H,7-8,10-14H2,(H,23,27)(H,24,28). The molecule has 2 amide bonds. The Morgan fingerprint density at radius 3 is 2.75 bits per heavy atom. The van der Waals surface area contributed by atoms with Crippen LogP contribution in [0.15, 0.2) is 42.6 Å². The topological polar surface area (TPSA) is 66.4 Å². The molecule has 0 aliphatic carbocycles. The average Bonchev–Trinajstić information content (AvgIpc) is 3.18. The zero-order chi connectivity index (χ0) is 19.5. The molecule has 0 radical (unpaired) electrons. The molecule has 28 heavy (non-hydrogen) atoms. The van der Waals surface area contributed by atoms with Gasteiger partial charge in [0.2, 0.25) is 5.91 Å². The van der Waals surface area contributed by atoms with Gasteiger partial charge in [-0.25, -0.2) is 4.39 Å². The summed E-state index contributed by atoms with van der Waals surface area (Å²) in [4.78, 5) is 26.8. The second-order valence-corrected chi connectivity index (χ2v) is 7.63. The zero-order valence-electron chi connectivity index (χ0n) is 15.7. The molecule has 2 aromatic rings. The van der Waals surface area contributed by atoms with E-state index in [1.165, 1.54) is 6.07 Å². The Labute approximate surface area is 163 Å². The Bertz CT molecular complexity index is 858. The SMILES string of the molecule is O=C1NC(C(=O)NCC2CCN(Cc3ccccc3F)CC2)Cn2cccc21. The van der Waals surface area contributed by atoms with Crippen molar-refractivity contribution in [3.63, 3.8) is 0 Å². The van der Waals surface area contributed by atoms with Crippen molar-refractivity contribution in [2.75, 3.05) is 19.6 Å². The zero-order valence-corrected chi connectivity index (χ0v) is 15.7. The predicted molar refractivity (Wildman–Crippen MR) is 103 cm³/mol. The maximum absolute atomic E-state index is 13.8. The molecule has 2 aliphatic rings. The van der Waals surface area contributed by atoms with Crippen LogP contribution in [0.2, 0.25) is 0 Å². The largest absolute Gasteiger partial charge is 0.354 e.